The highest BCUT2D eigenvalue weighted by molar-refractivity contribution is 7.90. The summed E-state index contributed by atoms with van der Waals surface area (Å²) < 4.78 is 31.1. The molecule has 176 valence electrons. The van der Waals surface area contributed by atoms with Gasteiger partial charge in [-0.15, -0.1) is 0 Å². The number of carbonyl (C=O) groups excluding carboxylic acids is 1. The van der Waals surface area contributed by atoms with Gasteiger partial charge in [0.2, 0.25) is 0 Å². The molecule has 4 aromatic rings. The molecule has 0 spiro atoms. The van der Waals surface area contributed by atoms with Crippen LogP contribution in [0.1, 0.15) is 37.4 Å². The van der Waals surface area contributed by atoms with E-state index < -0.39 is 16.1 Å². The maximum Gasteiger partial charge on any atom is 0.333 e. The lowest BCUT2D eigenvalue weighted by atomic mass is 9.96. The number of nitrogens with one attached hydrogen (secondary N) is 2. The van der Waals surface area contributed by atoms with Crippen molar-refractivity contribution in [3.63, 3.8) is 0 Å². The number of sulfonamides is 1. The first kappa shape index (κ1) is 22.1. The summed E-state index contributed by atoms with van der Waals surface area (Å²) in [4.78, 5) is 17.4. The molecule has 0 atom stereocenters. The van der Waals surface area contributed by atoms with E-state index in [1.807, 2.05) is 49.9 Å². The zero-order chi connectivity index (χ0) is 24.0. The van der Waals surface area contributed by atoms with Crippen molar-refractivity contribution in [2.45, 2.75) is 44.2 Å². The van der Waals surface area contributed by atoms with E-state index in [-0.39, 0.29) is 11.1 Å². The van der Waals surface area contributed by atoms with Crippen LogP contribution in [0.15, 0.2) is 53.9 Å². The highest BCUT2D eigenvalue weighted by atomic mass is 32.2. The molecule has 9 nitrogen and oxygen atoms in total. The molecule has 2 N–H and O–H groups in total. The minimum absolute atomic E-state index is 0.00225. The number of carbonyl (C=O) groups is 1. The van der Waals surface area contributed by atoms with Gasteiger partial charge in [-0.1, -0.05) is 12.1 Å². The van der Waals surface area contributed by atoms with E-state index in [0.717, 1.165) is 52.5 Å². The fraction of sp³-hybridized carbons (Fsp3) is 0.292. The Balaban J connectivity index is 1.51. The average molecular weight is 479 g/mol. The van der Waals surface area contributed by atoms with Gasteiger partial charge in [0.1, 0.15) is 5.65 Å². The van der Waals surface area contributed by atoms with Crippen LogP contribution >= 0.6 is 0 Å². The molecule has 1 aliphatic rings. The summed E-state index contributed by atoms with van der Waals surface area (Å²) in [7, 11) is -2.19. The van der Waals surface area contributed by atoms with Gasteiger partial charge in [-0.2, -0.15) is 13.5 Å². The quantitative estimate of drug-likeness (QED) is 0.450. The van der Waals surface area contributed by atoms with Crippen molar-refractivity contribution in [1.82, 2.24) is 24.1 Å². The second-order valence-corrected chi connectivity index (χ2v) is 10.4. The summed E-state index contributed by atoms with van der Waals surface area (Å²) in [5.74, 6) is 0. The summed E-state index contributed by atoms with van der Waals surface area (Å²) in [5.41, 5.74) is 5.42. The van der Waals surface area contributed by atoms with Gasteiger partial charge in [-0.3, -0.25) is 4.68 Å². The molecule has 0 bridgehead atoms. The van der Waals surface area contributed by atoms with E-state index >= 15 is 0 Å². The molecule has 0 fully saturated rings. The van der Waals surface area contributed by atoms with Gasteiger partial charge < -0.3 is 9.88 Å². The van der Waals surface area contributed by atoms with E-state index in [1.165, 1.54) is 10.7 Å². The molecule has 0 radical (unpaired) electrons. The van der Waals surface area contributed by atoms with Crippen LogP contribution in [-0.2, 0) is 29.9 Å². The molecule has 1 aliphatic carbocycles. The first-order valence-electron chi connectivity index (χ1n) is 11.2. The van der Waals surface area contributed by atoms with E-state index in [4.69, 9.17) is 0 Å². The van der Waals surface area contributed by atoms with Gasteiger partial charge in [0.15, 0.2) is 5.03 Å². The van der Waals surface area contributed by atoms with Crippen LogP contribution in [0, 0.1) is 0 Å². The van der Waals surface area contributed by atoms with Crippen LogP contribution in [0.2, 0.25) is 0 Å². The van der Waals surface area contributed by atoms with E-state index in [0.29, 0.717) is 5.69 Å². The minimum Gasteiger partial charge on any atom is -0.336 e. The van der Waals surface area contributed by atoms with Crippen molar-refractivity contribution >= 4 is 32.8 Å². The fourth-order valence-corrected chi connectivity index (χ4v) is 5.34. The Morgan fingerprint density at radius 3 is 2.65 bits per heavy atom. The third-order valence-electron chi connectivity index (χ3n) is 6.19. The number of amides is 2. The number of rotatable bonds is 5. The summed E-state index contributed by atoms with van der Waals surface area (Å²) in [6.07, 6.45) is 7.98. The molecule has 2 amide bonds. The number of pyridine rings is 1. The van der Waals surface area contributed by atoms with Gasteiger partial charge in [-0.25, -0.2) is 14.5 Å². The molecular weight excluding hydrogens is 452 g/mol. The predicted molar refractivity (Wildman–Crippen MR) is 130 cm³/mol. The monoisotopic (exact) mass is 478 g/mol. The van der Waals surface area contributed by atoms with Crippen LogP contribution in [-0.4, -0.2) is 33.8 Å². The van der Waals surface area contributed by atoms with Gasteiger partial charge in [-0.05, 0) is 68.0 Å². The molecule has 3 heterocycles. The minimum atomic E-state index is -4.12. The van der Waals surface area contributed by atoms with Gasteiger partial charge in [0.25, 0.3) is 10.0 Å². The molecule has 3 aromatic heterocycles. The van der Waals surface area contributed by atoms with Crippen molar-refractivity contribution in [2.24, 2.45) is 7.05 Å². The molecule has 0 aliphatic heterocycles. The van der Waals surface area contributed by atoms with Crippen LogP contribution in [0.4, 0.5) is 10.5 Å². The van der Waals surface area contributed by atoms with Crippen LogP contribution < -0.4 is 10.0 Å². The Bertz CT molecular complexity index is 1520. The molecule has 0 saturated carbocycles. The lowest BCUT2D eigenvalue weighted by molar-refractivity contribution is 0.256. The number of aryl methyl sites for hydroxylation is 2. The number of aromatic nitrogens is 4. The Kier molecular flexibility index (Phi) is 5.40. The molecule has 34 heavy (non-hydrogen) atoms. The highest BCUT2D eigenvalue weighted by Crippen LogP contribution is 2.39. The second-order valence-electron chi connectivity index (χ2n) is 8.79. The second kappa shape index (κ2) is 8.28. The fourth-order valence-electron chi connectivity index (χ4n) is 4.50. The van der Waals surface area contributed by atoms with Crippen LogP contribution in [0.25, 0.3) is 22.2 Å². The molecule has 0 unspecified atom stereocenters. The smallest absolute Gasteiger partial charge is 0.333 e. The topological polar surface area (TPSA) is 111 Å². The van der Waals surface area contributed by atoms with Crippen molar-refractivity contribution < 1.29 is 13.2 Å². The van der Waals surface area contributed by atoms with E-state index in [2.05, 4.69) is 26.2 Å². The first-order chi connectivity index (χ1) is 16.2. The predicted octanol–water partition coefficient (Wildman–Crippen LogP) is 4.02. The van der Waals surface area contributed by atoms with Crippen molar-refractivity contribution in [3.05, 3.63) is 60.0 Å². The standard InChI is InChI=1S/C24H26N6O3S/c1-15(2)30-14-11-21(27-30)34(32,33)28-24(31)26-22-17-6-4-5-16(17)7-8-19(22)18-9-12-25-23-20(18)10-13-29(23)3/h7-15H,4-6H2,1-3H3,(H2,26,28,31). The molecule has 10 heteroatoms. The van der Waals surface area contributed by atoms with Crippen molar-refractivity contribution in [2.75, 3.05) is 5.32 Å². The Morgan fingerprint density at radius 2 is 1.88 bits per heavy atom. The summed E-state index contributed by atoms with van der Waals surface area (Å²) in [6.45, 7) is 3.79. The normalized spacial score (nSPS) is 13.4. The van der Waals surface area contributed by atoms with Gasteiger partial charge in [0.05, 0.1) is 5.69 Å². The van der Waals surface area contributed by atoms with Crippen molar-refractivity contribution in [1.29, 1.82) is 0 Å². The maximum atomic E-state index is 12.9. The number of anilines is 1. The van der Waals surface area contributed by atoms with Crippen LogP contribution in [0.3, 0.4) is 0 Å². The van der Waals surface area contributed by atoms with E-state index in [9.17, 15) is 13.2 Å². The van der Waals surface area contributed by atoms with E-state index in [1.54, 1.807) is 12.4 Å². The Labute approximate surface area is 197 Å². The molecule has 0 saturated heterocycles. The van der Waals surface area contributed by atoms with Gasteiger partial charge >= 0.3 is 6.03 Å². The lowest BCUT2D eigenvalue weighted by Gasteiger charge is -2.17. The summed E-state index contributed by atoms with van der Waals surface area (Å²) in [5, 5.41) is 7.68. The lowest BCUT2D eigenvalue weighted by Crippen LogP contribution is -2.35. The molecule has 5 rings (SSSR count). The summed E-state index contributed by atoms with van der Waals surface area (Å²) in [6, 6.07) is 8.54. The zero-order valence-corrected chi connectivity index (χ0v) is 20.1. The number of hydrogen-bond acceptors (Lipinski definition) is 5. The average Bonchev–Trinajstić information content (AvgIpc) is 3.54. The number of hydrogen-bond donors (Lipinski definition) is 2. The first-order valence-corrected chi connectivity index (χ1v) is 12.7. The third kappa shape index (κ3) is 3.83. The Morgan fingerprint density at radius 1 is 1.06 bits per heavy atom. The van der Waals surface area contributed by atoms with Crippen molar-refractivity contribution in [3.8, 4) is 11.1 Å². The third-order valence-corrected chi connectivity index (χ3v) is 7.42. The summed E-state index contributed by atoms with van der Waals surface area (Å²) >= 11 is 0. The molecular formula is C24H26N6O3S. The van der Waals surface area contributed by atoms with Crippen LogP contribution in [0.5, 0.6) is 0 Å². The Hall–Kier alpha value is -3.66. The zero-order valence-electron chi connectivity index (χ0n) is 19.2. The number of benzene rings is 1. The van der Waals surface area contributed by atoms with Gasteiger partial charge in [0, 0.05) is 42.6 Å². The highest BCUT2D eigenvalue weighted by Gasteiger charge is 2.25. The number of fused-ring (bicyclic) bond motifs is 2. The number of urea groups is 1. The molecule has 1 aromatic carbocycles. The SMILES string of the molecule is CC(C)n1ccc(S(=O)(=O)NC(=O)Nc2c(-c3ccnc4c3ccn4C)ccc3c2CCC3)n1. The number of nitrogens with zero attached hydrogens (tertiary/aromatic N) is 4. The largest absolute Gasteiger partial charge is 0.336 e. The maximum absolute atomic E-state index is 12.9.